The van der Waals surface area contributed by atoms with Crippen molar-refractivity contribution in [3.63, 3.8) is 0 Å². The van der Waals surface area contributed by atoms with Gasteiger partial charge in [-0.1, -0.05) is 18.6 Å². The molecule has 2 bridgehead atoms. The number of likely N-dealkylation sites (tertiary alicyclic amines) is 1. The Morgan fingerprint density at radius 1 is 1.18 bits per heavy atom. The van der Waals surface area contributed by atoms with Gasteiger partial charge in [-0.2, -0.15) is 0 Å². The molecule has 5 atom stereocenters. The van der Waals surface area contributed by atoms with Gasteiger partial charge < -0.3 is 10.5 Å². The van der Waals surface area contributed by atoms with E-state index in [1.807, 2.05) is 18.2 Å². The lowest BCUT2D eigenvalue weighted by atomic mass is 9.62. The van der Waals surface area contributed by atoms with Crippen LogP contribution in [0.1, 0.15) is 48.0 Å². The van der Waals surface area contributed by atoms with Gasteiger partial charge in [-0.05, 0) is 43.4 Å². The smallest absolute Gasteiger partial charge is 0.254 e. The number of alkyl halides is 2. The van der Waals surface area contributed by atoms with Crippen LogP contribution < -0.4 is 5.73 Å². The lowest BCUT2D eigenvalue weighted by Crippen LogP contribution is -2.60. The largest absolute Gasteiger partial charge is 0.373 e. The van der Waals surface area contributed by atoms with Gasteiger partial charge in [0.2, 0.25) is 5.91 Å². The number of carbonyl (C=O) groups is 1. The summed E-state index contributed by atoms with van der Waals surface area (Å²) in [6.45, 7) is 1.75. The first kappa shape index (κ1) is 18.5. The van der Waals surface area contributed by atoms with Crippen LogP contribution in [-0.2, 0) is 10.3 Å². The Kier molecular flexibility index (Phi) is 4.12. The number of nitrogens with zero attached hydrogens (tertiary/aromatic N) is 1. The number of carbonyl (C=O) groups excluding carboxylic acids is 1. The summed E-state index contributed by atoms with van der Waals surface area (Å²) in [4.78, 5) is 14.2. The van der Waals surface area contributed by atoms with E-state index in [0.717, 1.165) is 37.9 Å². The summed E-state index contributed by atoms with van der Waals surface area (Å²) < 4.78 is 33.5. The van der Waals surface area contributed by atoms with Crippen LogP contribution in [0.25, 0.3) is 0 Å². The SMILES string of the molecule is COC1(c2cccc(C(N)=O)c2)C2CCCC1CN(C1CC3[C@H](C1)C3(F)F)C2. The van der Waals surface area contributed by atoms with E-state index >= 15 is 0 Å². The number of hydrogen-bond donors (Lipinski definition) is 1. The molecule has 1 aromatic carbocycles. The number of primary amides is 1. The minimum Gasteiger partial charge on any atom is -0.373 e. The van der Waals surface area contributed by atoms with Crippen molar-refractivity contribution in [2.75, 3.05) is 20.2 Å². The Hall–Kier alpha value is -1.53. The van der Waals surface area contributed by atoms with Crippen molar-refractivity contribution in [1.82, 2.24) is 4.90 Å². The predicted molar refractivity (Wildman–Crippen MR) is 101 cm³/mol. The number of rotatable bonds is 4. The van der Waals surface area contributed by atoms with Crippen LogP contribution in [0.3, 0.4) is 0 Å². The van der Waals surface area contributed by atoms with Crippen LogP contribution in [0, 0.1) is 23.7 Å². The number of piperidine rings is 1. The zero-order valence-corrected chi connectivity index (χ0v) is 16.2. The lowest BCUT2D eigenvalue weighted by Gasteiger charge is -2.56. The van der Waals surface area contributed by atoms with Crippen LogP contribution in [-0.4, -0.2) is 43.0 Å². The maximum atomic E-state index is 13.6. The van der Waals surface area contributed by atoms with Gasteiger partial charge in [0.25, 0.3) is 5.92 Å². The molecule has 0 radical (unpaired) electrons. The molecule has 1 aromatic rings. The topological polar surface area (TPSA) is 55.6 Å². The Morgan fingerprint density at radius 2 is 1.82 bits per heavy atom. The number of benzene rings is 1. The summed E-state index contributed by atoms with van der Waals surface area (Å²) in [7, 11) is 1.77. The van der Waals surface area contributed by atoms with Gasteiger partial charge in [0, 0.05) is 55.5 Å². The summed E-state index contributed by atoms with van der Waals surface area (Å²) >= 11 is 0. The second-order valence-corrected chi connectivity index (χ2v) is 9.23. The van der Waals surface area contributed by atoms with Gasteiger partial charge in [0.15, 0.2) is 0 Å². The molecule has 1 heterocycles. The predicted octanol–water partition coefficient (Wildman–Crippen LogP) is 3.40. The monoisotopic (exact) mass is 390 g/mol. The summed E-state index contributed by atoms with van der Waals surface area (Å²) in [5.74, 6) is -3.02. The highest BCUT2D eigenvalue weighted by Crippen LogP contribution is 2.65. The van der Waals surface area contributed by atoms with Crippen LogP contribution in [0.5, 0.6) is 0 Å². The molecular formula is C22H28F2N2O2. The highest BCUT2D eigenvalue weighted by atomic mass is 19.3. The molecule has 4 nitrogen and oxygen atoms in total. The van der Waals surface area contributed by atoms with Gasteiger partial charge in [-0.25, -0.2) is 8.78 Å². The number of hydrogen-bond acceptors (Lipinski definition) is 3. The first-order valence-corrected chi connectivity index (χ1v) is 10.4. The van der Waals surface area contributed by atoms with Crippen molar-refractivity contribution in [3.05, 3.63) is 35.4 Å². The third-order valence-corrected chi connectivity index (χ3v) is 8.10. The molecule has 1 saturated heterocycles. The fourth-order valence-corrected chi connectivity index (χ4v) is 6.69. The van der Waals surface area contributed by atoms with Gasteiger partial charge in [0.05, 0.1) is 0 Å². The van der Waals surface area contributed by atoms with Gasteiger partial charge in [0.1, 0.15) is 5.60 Å². The summed E-state index contributed by atoms with van der Waals surface area (Å²) in [5.41, 5.74) is 6.62. The zero-order chi connectivity index (χ0) is 19.7. The maximum Gasteiger partial charge on any atom is 0.254 e. The van der Waals surface area contributed by atoms with Crippen LogP contribution >= 0.6 is 0 Å². The molecule has 3 saturated carbocycles. The molecule has 4 aliphatic rings. The number of halogens is 2. The van der Waals surface area contributed by atoms with E-state index in [1.54, 1.807) is 13.2 Å². The average molecular weight is 390 g/mol. The average Bonchev–Trinajstić information content (AvgIpc) is 3.01. The first-order valence-electron chi connectivity index (χ1n) is 10.4. The second-order valence-electron chi connectivity index (χ2n) is 9.23. The van der Waals surface area contributed by atoms with E-state index in [4.69, 9.17) is 10.5 Å². The Balaban J connectivity index is 1.42. The first-order chi connectivity index (χ1) is 13.4. The molecule has 5 rings (SSSR count). The van der Waals surface area contributed by atoms with Crippen LogP contribution in [0.15, 0.2) is 24.3 Å². The van der Waals surface area contributed by atoms with E-state index in [0.29, 0.717) is 30.2 Å². The number of ether oxygens (including phenoxy) is 1. The fourth-order valence-electron chi connectivity index (χ4n) is 6.69. The lowest BCUT2D eigenvalue weighted by molar-refractivity contribution is -0.175. The molecule has 1 aliphatic heterocycles. The zero-order valence-electron chi connectivity index (χ0n) is 16.2. The molecule has 0 aromatic heterocycles. The fraction of sp³-hybridized carbons (Fsp3) is 0.682. The van der Waals surface area contributed by atoms with Crippen LogP contribution in [0.2, 0.25) is 0 Å². The molecule has 28 heavy (non-hydrogen) atoms. The van der Waals surface area contributed by atoms with Crippen molar-refractivity contribution >= 4 is 5.91 Å². The highest BCUT2D eigenvalue weighted by molar-refractivity contribution is 5.92. The summed E-state index contributed by atoms with van der Waals surface area (Å²) in [5, 5.41) is 0. The summed E-state index contributed by atoms with van der Waals surface area (Å²) in [6, 6.07) is 7.83. The minimum atomic E-state index is -2.41. The van der Waals surface area contributed by atoms with Crippen molar-refractivity contribution < 1.29 is 18.3 Å². The Bertz CT molecular complexity index is 770. The molecular weight excluding hydrogens is 362 g/mol. The van der Waals surface area contributed by atoms with Gasteiger partial charge >= 0.3 is 0 Å². The van der Waals surface area contributed by atoms with E-state index in [1.165, 1.54) is 0 Å². The van der Waals surface area contributed by atoms with E-state index in [-0.39, 0.29) is 6.04 Å². The minimum absolute atomic E-state index is 0.282. The molecule has 2 N–H and O–H groups in total. The van der Waals surface area contributed by atoms with Crippen molar-refractivity contribution in [2.24, 2.45) is 29.4 Å². The van der Waals surface area contributed by atoms with Crippen molar-refractivity contribution in [3.8, 4) is 0 Å². The third-order valence-electron chi connectivity index (χ3n) is 8.10. The normalized spacial score (nSPS) is 41.5. The second kappa shape index (κ2) is 6.23. The van der Waals surface area contributed by atoms with E-state index in [2.05, 4.69) is 4.90 Å². The molecule has 6 heteroatoms. The Labute approximate surface area is 164 Å². The number of nitrogens with two attached hydrogens (primary N) is 1. The van der Waals surface area contributed by atoms with Gasteiger partial charge in [-0.15, -0.1) is 0 Å². The van der Waals surface area contributed by atoms with Crippen LogP contribution in [0.4, 0.5) is 8.78 Å². The molecule has 1 amide bonds. The van der Waals surface area contributed by atoms with E-state index in [9.17, 15) is 13.6 Å². The molecule has 4 unspecified atom stereocenters. The molecule has 4 fully saturated rings. The molecule has 3 aliphatic carbocycles. The maximum absolute atomic E-state index is 13.6. The standard InChI is InChI=1S/C22H28F2N2O2/c1-28-21(14-5-2-4-13(8-14)20(25)27)15-6-3-7-16(21)12-26(11-15)17-9-18-19(10-17)22(18,23)24/h2,4-5,8,15-19H,3,6-7,9-12H2,1H3,(H2,25,27)/t15?,16?,17?,18-,19?,21?/m0/s1. The number of methoxy groups -OCH3 is 1. The van der Waals surface area contributed by atoms with Gasteiger partial charge in [-0.3, -0.25) is 9.69 Å². The molecule has 152 valence electrons. The quantitative estimate of drug-likeness (QED) is 0.857. The number of amides is 1. The van der Waals surface area contributed by atoms with Crippen molar-refractivity contribution in [2.45, 2.75) is 49.7 Å². The highest BCUT2D eigenvalue weighted by Gasteiger charge is 2.72. The summed E-state index contributed by atoms with van der Waals surface area (Å²) in [6.07, 6.45) is 4.54. The molecule has 0 spiro atoms. The van der Waals surface area contributed by atoms with Crippen molar-refractivity contribution in [1.29, 1.82) is 0 Å². The third kappa shape index (κ3) is 2.50. The number of fused-ring (bicyclic) bond motifs is 3. The Morgan fingerprint density at radius 3 is 2.39 bits per heavy atom. The van der Waals surface area contributed by atoms with E-state index < -0.39 is 29.3 Å².